The van der Waals surface area contributed by atoms with E-state index in [1.165, 1.54) is 6.92 Å². The zero-order valence-corrected chi connectivity index (χ0v) is 29.3. The molecule has 2 rings (SSSR count). The van der Waals surface area contributed by atoms with E-state index in [-0.39, 0.29) is 48.8 Å². The monoisotopic (exact) mass is 646 g/mol. The van der Waals surface area contributed by atoms with E-state index in [1.807, 2.05) is 42.1 Å². The summed E-state index contributed by atoms with van der Waals surface area (Å²) in [6.45, 7) is 16.6. The lowest BCUT2D eigenvalue weighted by molar-refractivity contribution is -0.931. The predicted octanol–water partition coefficient (Wildman–Crippen LogP) is 4.69. The van der Waals surface area contributed by atoms with Crippen LogP contribution in [-0.2, 0) is 30.6 Å². The number of aromatic nitrogens is 1. The quantitative estimate of drug-likeness (QED) is 0.0949. The van der Waals surface area contributed by atoms with E-state index in [4.69, 9.17) is 10.5 Å². The minimum atomic E-state index is -0.966. The van der Waals surface area contributed by atoms with Crippen molar-refractivity contribution in [3.63, 3.8) is 0 Å². The molecule has 2 amide bonds. The summed E-state index contributed by atoms with van der Waals surface area (Å²) in [5.74, 6) is -3.90. The number of hydrogen-bond donors (Lipinski definition) is 3. The maximum absolute atomic E-state index is 13.9. The van der Waals surface area contributed by atoms with Crippen LogP contribution in [0.3, 0.4) is 0 Å². The number of hydrogen-bond acceptors (Lipinski definition) is 5. The van der Waals surface area contributed by atoms with Crippen molar-refractivity contribution in [1.29, 1.82) is 0 Å². The molecule has 260 valence electrons. The highest BCUT2D eigenvalue weighted by Gasteiger charge is 2.45. The fourth-order valence-electron chi connectivity index (χ4n) is 8.26. The third kappa shape index (κ3) is 12.3. The fourth-order valence-corrected chi connectivity index (χ4v) is 8.26. The number of esters is 1. The molecule has 1 aliphatic carbocycles. The average molecular weight is 647 g/mol. The molecule has 4 N–H and O–H groups in total. The third-order valence-electron chi connectivity index (χ3n) is 9.96. The number of aliphatic carboxylic acids is 1. The summed E-state index contributed by atoms with van der Waals surface area (Å²) in [5, 5.41) is 13.4. The number of nitrogens with zero attached hydrogens (tertiary/aromatic N) is 2. The number of rotatable bonds is 22. The molecule has 1 saturated carbocycles. The number of nitrogens with two attached hydrogens (primary N) is 1. The van der Waals surface area contributed by atoms with Gasteiger partial charge in [0, 0.05) is 36.9 Å². The number of nitrogens with one attached hydrogen (secondary N) is 1. The standard InChI is InChI=1S/C36H60N4O6/c1-7-16-40(17-8-2,18-9-3)24-26(5)19-30(36(45)46-25-39-14-12-11-13-15-39)20-29-21-31(38-27(6)41)23-32(29)33(35(43)44)22-28(10-4)34(37)42/h11-15,26,28-33H,7-10,16-25H2,1-6H3,(H2-2,37,38,41,42,43,44)/p+2. The molecule has 7 unspecified atom stereocenters. The Hall–Kier alpha value is -3.01. The average Bonchev–Trinajstić information content (AvgIpc) is 3.37. The number of carbonyl (C=O) groups excluding carboxylic acids is 3. The van der Waals surface area contributed by atoms with Crippen LogP contribution in [0, 0.1) is 35.5 Å². The lowest BCUT2D eigenvalue weighted by Crippen LogP contribution is -2.52. The van der Waals surface area contributed by atoms with Crippen LogP contribution in [0.15, 0.2) is 30.6 Å². The van der Waals surface area contributed by atoms with Crippen LogP contribution in [-0.4, -0.2) is 65.6 Å². The van der Waals surface area contributed by atoms with Crippen molar-refractivity contribution in [2.75, 3.05) is 26.2 Å². The minimum absolute atomic E-state index is 0.100. The molecule has 0 aliphatic heterocycles. The van der Waals surface area contributed by atoms with Gasteiger partial charge in [0.25, 0.3) is 6.73 Å². The van der Waals surface area contributed by atoms with Gasteiger partial charge < -0.3 is 25.4 Å². The van der Waals surface area contributed by atoms with Crippen molar-refractivity contribution in [2.45, 2.75) is 112 Å². The topological polar surface area (TPSA) is 140 Å². The van der Waals surface area contributed by atoms with Gasteiger partial charge in [-0.05, 0) is 69.6 Å². The lowest BCUT2D eigenvalue weighted by Gasteiger charge is -2.41. The zero-order valence-electron chi connectivity index (χ0n) is 29.3. The van der Waals surface area contributed by atoms with Crippen LogP contribution >= 0.6 is 0 Å². The Kier molecular flexibility index (Phi) is 16.7. The molecule has 0 aromatic carbocycles. The van der Waals surface area contributed by atoms with Gasteiger partial charge in [0.15, 0.2) is 12.4 Å². The van der Waals surface area contributed by atoms with Crippen LogP contribution in [0.5, 0.6) is 0 Å². The Morgan fingerprint density at radius 2 is 1.57 bits per heavy atom. The molecule has 7 atom stereocenters. The molecule has 1 aliphatic rings. The Bertz CT molecular complexity index is 1080. The maximum Gasteiger partial charge on any atom is 0.313 e. The first-order chi connectivity index (χ1) is 21.9. The van der Waals surface area contributed by atoms with Crippen LogP contribution in [0.1, 0.15) is 99.3 Å². The molecule has 0 radical (unpaired) electrons. The van der Waals surface area contributed by atoms with E-state index < -0.39 is 29.6 Å². The van der Waals surface area contributed by atoms with Gasteiger partial charge >= 0.3 is 11.9 Å². The number of primary amides is 1. The first-order valence-electron chi connectivity index (χ1n) is 17.6. The molecule has 46 heavy (non-hydrogen) atoms. The highest BCUT2D eigenvalue weighted by Crippen LogP contribution is 2.44. The molecule has 10 heteroatoms. The van der Waals surface area contributed by atoms with Crippen molar-refractivity contribution < 1.29 is 38.1 Å². The summed E-state index contributed by atoms with van der Waals surface area (Å²) in [7, 11) is 0. The van der Waals surface area contributed by atoms with Gasteiger partial charge in [0.1, 0.15) is 0 Å². The van der Waals surface area contributed by atoms with E-state index in [0.29, 0.717) is 32.1 Å². The highest BCUT2D eigenvalue weighted by atomic mass is 16.5. The Balaban J connectivity index is 2.41. The number of carbonyl (C=O) groups is 4. The molecule has 1 fully saturated rings. The van der Waals surface area contributed by atoms with Crippen LogP contribution in [0.2, 0.25) is 0 Å². The van der Waals surface area contributed by atoms with Crippen molar-refractivity contribution in [3.8, 4) is 0 Å². The minimum Gasteiger partial charge on any atom is -0.481 e. The van der Waals surface area contributed by atoms with E-state index in [0.717, 1.165) is 49.9 Å². The van der Waals surface area contributed by atoms with Gasteiger partial charge in [0.2, 0.25) is 11.8 Å². The van der Waals surface area contributed by atoms with Crippen molar-refractivity contribution in [2.24, 2.45) is 41.2 Å². The maximum atomic E-state index is 13.9. The summed E-state index contributed by atoms with van der Waals surface area (Å²) in [5.41, 5.74) is 5.64. The Morgan fingerprint density at radius 3 is 2.07 bits per heavy atom. The second-order valence-electron chi connectivity index (χ2n) is 13.9. The molecule has 10 nitrogen and oxygen atoms in total. The van der Waals surface area contributed by atoms with Gasteiger partial charge in [-0.25, -0.2) is 0 Å². The summed E-state index contributed by atoms with van der Waals surface area (Å²) in [4.78, 5) is 50.8. The number of ether oxygens (including phenoxy) is 1. The summed E-state index contributed by atoms with van der Waals surface area (Å²) in [6, 6.07) is 5.47. The van der Waals surface area contributed by atoms with E-state index in [9.17, 15) is 24.3 Å². The highest BCUT2D eigenvalue weighted by molar-refractivity contribution is 5.78. The van der Waals surface area contributed by atoms with Crippen molar-refractivity contribution in [1.82, 2.24) is 5.32 Å². The van der Waals surface area contributed by atoms with E-state index >= 15 is 0 Å². The fraction of sp³-hybridized carbons (Fsp3) is 0.750. The molecule has 0 saturated heterocycles. The molecule has 0 bridgehead atoms. The predicted molar refractivity (Wildman–Crippen MR) is 178 cm³/mol. The largest absolute Gasteiger partial charge is 0.481 e. The van der Waals surface area contributed by atoms with Gasteiger partial charge in [0.05, 0.1) is 38.0 Å². The van der Waals surface area contributed by atoms with Crippen molar-refractivity contribution in [3.05, 3.63) is 30.6 Å². The second-order valence-corrected chi connectivity index (χ2v) is 13.9. The number of amides is 2. The summed E-state index contributed by atoms with van der Waals surface area (Å²) >= 11 is 0. The van der Waals surface area contributed by atoms with Gasteiger partial charge in [-0.2, -0.15) is 4.57 Å². The van der Waals surface area contributed by atoms with E-state index in [1.54, 1.807) is 0 Å². The van der Waals surface area contributed by atoms with Crippen LogP contribution < -0.4 is 15.6 Å². The van der Waals surface area contributed by atoms with Gasteiger partial charge in [-0.1, -0.05) is 40.7 Å². The number of pyridine rings is 1. The van der Waals surface area contributed by atoms with Gasteiger partial charge in [-0.15, -0.1) is 0 Å². The molecule has 1 aromatic rings. The molecule has 0 spiro atoms. The molecular formula is C36H62N4O6+2. The molecular weight excluding hydrogens is 584 g/mol. The lowest BCUT2D eigenvalue weighted by atomic mass is 9.74. The summed E-state index contributed by atoms with van der Waals surface area (Å²) < 4.78 is 8.74. The smallest absolute Gasteiger partial charge is 0.313 e. The Morgan fingerprint density at radius 1 is 0.957 bits per heavy atom. The normalized spacial score (nSPS) is 20.8. The van der Waals surface area contributed by atoms with Gasteiger partial charge in [-0.3, -0.25) is 19.2 Å². The Labute approximate surface area is 277 Å². The number of carboxylic acid groups (broad SMARTS) is 1. The van der Waals surface area contributed by atoms with E-state index in [2.05, 4.69) is 33.0 Å². The third-order valence-corrected chi connectivity index (χ3v) is 9.96. The number of carboxylic acids is 1. The second kappa shape index (κ2) is 19.6. The summed E-state index contributed by atoms with van der Waals surface area (Å²) in [6.07, 6.45) is 9.77. The first-order valence-corrected chi connectivity index (χ1v) is 17.6. The molecule has 1 heterocycles. The molecule has 1 aromatic heterocycles. The SMILES string of the molecule is CCC[N+](CCC)(CCC)CC(C)CC(CC1CC(NC(C)=O)CC1C(CC(CC)C(N)=O)C(=O)O)C(=O)OC[n+]1ccccc1. The number of quaternary nitrogens is 1. The first kappa shape index (κ1) is 39.2. The van der Waals surface area contributed by atoms with Crippen molar-refractivity contribution >= 4 is 23.8 Å². The van der Waals surface area contributed by atoms with Crippen LogP contribution in [0.4, 0.5) is 0 Å². The van der Waals surface area contributed by atoms with Crippen LogP contribution in [0.25, 0.3) is 0 Å². The zero-order chi connectivity index (χ0) is 34.3.